The molecule has 6 heteroatoms. The van der Waals surface area contributed by atoms with Gasteiger partial charge in [-0.05, 0) is 36.1 Å². The van der Waals surface area contributed by atoms with E-state index in [-0.39, 0.29) is 12.4 Å². The molecule has 2 aromatic rings. The molecule has 2 atom stereocenters. The van der Waals surface area contributed by atoms with E-state index in [9.17, 15) is 9.59 Å². The van der Waals surface area contributed by atoms with E-state index < -0.39 is 18.5 Å². The molecule has 1 heterocycles. The third-order valence-corrected chi connectivity index (χ3v) is 4.42. The fourth-order valence-electron chi connectivity index (χ4n) is 2.86. The third-order valence-electron chi connectivity index (χ3n) is 4.42. The molecule has 0 aliphatic carbocycles. The molecule has 1 aliphatic heterocycles. The first kappa shape index (κ1) is 20.8. The Kier molecular flexibility index (Phi) is 7.98. The van der Waals surface area contributed by atoms with Crippen LogP contribution in [-0.2, 0) is 32.2 Å². The summed E-state index contributed by atoms with van der Waals surface area (Å²) in [7, 11) is 0. The van der Waals surface area contributed by atoms with Crippen molar-refractivity contribution in [2.45, 2.75) is 38.4 Å². The van der Waals surface area contributed by atoms with Crippen LogP contribution in [0.2, 0.25) is 0 Å². The molecule has 0 spiro atoms. The summed E-state index contributed by atoms with van der Waals surface area (Å²) in [6.45, 7) is 1.04. The van der Waals surface area contributed by atoms with Crippen LogP contribution in [0.4, 0.5) is 4.79 Å². The van der Waals surface area contributed by atoms with Crippen molar-refractivity contribution in [1.82, 2.24) is 5.32 Å². The number of carbonyl (C=O) groups is 2. The van der Waals surface area contributed by atoms with Gasteiger partial charge in [0.15, 0.2) is 12.1 Å². The van der Waals surface area contributed by atoms with E-state index in [1.165, 1.54) is 6.08 Å². The summed E-state index contributed by atoms with van der Waals surface area (Å²) in [5, 5.41) is 2.69. The Hall–Kier alpha value is -2.96. The Morgan fingerprint density at radius 2 is 1.62 bits per heavy atom. The van der Waals surface area contributed by atoms with Gasteiger partial charge in [0.1, 0.15) is 12.7 Å². The van der Waals surface area contributed by atoms with Crippen molar-refractivity contribution in [2.24, 2.45) is 0 Å². The summed E-state index contributed by atoms with van der Waals surface area (Å²) in [5.74, 6) is -0.0868. The van der Waals surface area contributed by atoms with Crippen molar-refractivity contribution >= 4 is 11.9 Å². The van der Waals surface area contributed by atoms with Gasteiger partial charge in [-0.25, -0.2) is 4.79 Å². The lowest BCUT2D eigenvalue weighted by atomic mass is 10.1. The standard InChI is InChI=1S/C23H25NO5/c25-20-13-14-22(27-16-18-8-3-1-4-9-18)29-21(20)12-7-15-24-23(26)28-17-19-10-5-2-6-11-19/h1-6,8-11,13-14,21-22H,7,12,15-17H2,(H,24,26)/t21-,22+/m1/s1. The zero-order chi connectivity index (χ0) is 20.3. The van der Waals surface area contributed by atoms with Crippen LogP contribution in [0, 0.1) is 0 Å². The van der Waals surface area contributed by atoms with Gasteiger partial charge in [0, 0.05) is 6.54 Å². The first-order chi connectivity index (χ1) is 14.2. The van der Waals surface area contributed by atoms with Crippen LogP contribution in [0.25, 0.3) is 0 Å². The molecule has 0 bridgehead atoms. The summed E-state index contributed by atoms with van der Waals surface area (Å²) in [6, 6.07) is 19.3. The third kappa shape index (κ3) is 7.18. The lowest BCUT2D eigenvalue weighted by Crippen LogP contribution is -2.34. The van der Waals surface area contributed by atoms with Gasteiger partial charge in [-0.15, -0.1) is 0 Å². The number of rotatable bonds is 9. The minimum absolute atomic E-state index is 0.0868. The van der Waals surface area contributed by atoms with E-state index in [1.807, 2.05) is 60.7 Å². The summed E-state index contributed by atoms with van der Waals surface area (Å²) < 4.78 is 16.6. The highest BCUT2D eigenvalue weighted by Gasteiger charge is 2.25. The van der Waals surface area contributed by atoms with Gasteiger partial charge in [0.25, 0.3) is 0 Å². The molecule has 0 radical (unpaired) electrons. The van der Waals surface area contributed by atoms with Gasteiger partial charge in [-0.3, -0.25) is 4.79 Å². The van der Waals surface area contributed by atoms with Crippen LogP contribution in [0.5, 0.6) is 0 Å². The first-order valence-corrected chi connectivity index (χ1v) is 9.68. The second kappa shape index (κ2) is 11.1. The van der Waals surface area contributed by atoms with Gasteiger partial charge in [0.2, 0.25) is 0 Å². The normalized spacial score (nSPS) is 18.4. The van der Waals surface area contributed by atoms with E-state index in [0.717, 1.165) is 11.1 Å². The number of amides is 1. The smallest absolute Gasteiger partial charge is 0.407 e. The van der Waals surface area contributed by atoms with Gasteiger partial charge in [0.05, 0.1) is 6.61 Å². The van der Waals surface area contributed by atoms with Crippen LogP contribution >= 0.6 is 0 Å². The highest BCUT2D eigenvalue weighted by Crippen LogP contribution is 2.16. The second-order valence-corrected chi connectivity index (χ2v) is 6.68. The maximum Gasteiger partial charge on any atom is 0.407 e. The molecule has 0 fully saturated rings. The Bertz CT molecular complexity index is 807. The fraction of sp³-hybridized carbons (Fsp3) is 0.304. The van der Waals surface area contributed by atoms with Crippen LogP contribution < -0.4 is 5.32 Å². The van der Waals surface area contributed by atoms with Crippen molar-refractivity contribution in [3.63, 3.8) is 0 Å². The molecular weight excluding hydrogens is 370 g/mol. The predicted molar refractivity (Wildman–Crippen MR) is 108 cm³/mol. The lowest BCUT2D eigenvalue weighted by Gasteiger charge is -2.25. The summed E-state index contributed by atoms with van der Waals surface area (Å²) in [6.07, 6.45) is 2.62. The molecular formula is C23H25NO5. The molecule has 1 aliphatic rings. The maximum atomic E-state index is 12.0. The van der Waals surface area contributed by atoms with E-state index in [4.69, 9.17) is 14.2 Å². The number of alkyl carbamates (subject to hydrolysis) is 1. The first-order valence-electron chi connectivity index (χ1n) is 9.68. The lowest BCUT2D eigenvalue weighted by molar-refractivity contribution is -0.167. The number of ketones is 1. The highest BCUT2D eigenvalue weighted by atomic mass is 16.7. The number of nitrogens with one attached hydrogen (secondary N) is 1. The second-order valence-electron chi connectivity index (χ2n) is 6.68. The van der Waals surface area contributed by atoms with Crippen molar-refractivity contribution in [1.29, 1.82) is 0 Å². The van der Waals surface area contributed by atoms with Gasteiger partial charge >= 0.3 is 6.09 Å². The van der Waals surface area contributed by atoms with Crippen molar-refractivity contribution in [3.8, 4) is 0 Å². The molecule has 0 saturated heterocycles. The number of ether oxygens (including phenoxy) is 3. The zero-order valence-electron chi connectivity index (χ0n) is 16.2. The fourth-order valence-corrected chi connectivity index (χ4v) is 2.86. The Morgan fingerprint density at radius 3 is 2.31 bits per heavy atom. The number of hydrogen-bond acceptors (Lipinski definition) is 5. The minimum Gasteiger partial charge on any atom is -0.445 e. The van der Waals surface area contributed by atoms with Crippen molar-refractivity contribution in [2.75, 3.05) is 6.54 Å². The van der Waals surface area contributed by atoms with Crippen LogP contribution in [0.15, 0.2) is 72.8 Å². The topological polar surface area (TPSA) is 73.9 Å². The Morgan fingerprint density at radius 1 is 0.966 bits per heavy atom. The molecule has 29 heavy (non-hydrogen) atoms. The average Bonchev–Trinajstić information content (AvgIpc) is 2.77. The zero-order valence-corrected chi connectivity index (χ0v) is 16.2. The van der Waals surface area contributed by atoms with Gasteiger partial charge in [-0.2, -0.15) is 0 Å². The molecule has 152 valence electrons. The van der Waals surface area contributed by atoms with Crippen LogP contribution in [-0.4, -0.2) is 30.8 Å². The van der Waals surface area contributed by atoms with Gasteiger partial charge in [-0.1, -0.05) is 60.7 Å². The SMILES string of the molecule is O=C(NCCC[C@H]1O[C@H](OCc2ccccc2)C=CC1=O)OCc1ccccc1. The van der Waals surface area contributed by atoms with Crippen molar-refractivity contribution in [3.05, 3.63) is 83.9 Å². The molecule has 6 nitrogen and oxygen atoms in total. The predicted octanol–water partition coefficient (Wildman–Crippen LogP) is 3.76. The highest BCUT2D eigenvalue weighted by molar-refractivity contribution is 5.94. The quantitative estimate of drug-likeness (QED) is 0.655. The summed E-state index contributed by atoms with van der Waals surface area (Å²) in [4.78, 5) is 23.8. The summed E-state index contributed by atoms with van der Waals surface area (Å²) in [5.41, 5.74) is 1.97. The molecule has 1 N–H and O–H groups in total. The maximum absolute atomic E-state index is 12.0. The monoisotopic (exact) mass is 395 g/mol. The Balaban J connectivity index is 1.32. The minimum atomic E-state index is -0.567. The van der Waals surface area contributed by atoms with Gasteiger partial charge < -0.3 is 19.5 Å². The van der Waals surface area contributed by atoms with Crippen LogP contribution in [0.1, 0.15) is 24.0 Å². The molecule has 0 aromatic heterocycles. The molecule has 0 saturated carbocycles. The van der Waals surface area contributed by atoms with E-state index in [0.29, 0.717) is 26.0 Å². The van der Waals surface area contributed by atoms with Crippen molar-refractivity contribution < 1.29 is 23.8 Å². The molecule has 0 unspecified atom stereocenters. The van der Waals surface area contributed by atoms with E-state index in [1.54, 1.807) is 6.08 Å². The molecule has 2 aromatic carbocycles. The van der Waals surface area contributed by atoms with Crippen LogP contribution in [0.3, 0.4) is 0 Å². The Labute approximate surface area is 170 Å². The van der Waals surface area contributed by atoms with E-state index >= 15 is 0 Å². The molecule has 1 amide bonds. The largest absolute Gasteiger partial charge is 0.445 e. The number of hydrogen-bond donors (Lipinski definition) is 1. The van der Waals surface area contributed by atoms with E-state index in [2.05, 4.69) is 5.32 Å². The molecule has 3 rings (SSSR count). The number of benzene rings is 2. The number of carbonyl (C=O) groups excluding carboxylic acids is 2. The average molecular weight is 395 g/mol. The summed E-state index contributed by atoms with van der Waals surface area (Å²) >= 11 is 0.